The number of fused-ring (bicyclic) bond motifs is 1. The maximum absolute atomic E-state index is 10.4. The molecule has 0 aliphatic heterocycles. The number of carboxylic acids is 1. The van der Waals surface area contributed by atoms with Gasteiger partial charge in [0.1, 0.15) is 11.0 Å². The van der Waals surface area contributed by atoms with Crippen LogP contribution in [0.3, 0.4) is 0 Å². The number of halogens is 1. The van der Waals surface area contributed by atoms with Crippen molar-refractivity contribution in [1.82, 2.24) is 15.0 Å². The van der Waals surface area contributed by atoms with Crippen molar-refractivity contribution >= 4 is 32.9 Å². The summed E-state index contributed by atoms with van der Waals surface area (Å²) in [5.41, 5.74) is 1.37. The van der Waals surface area contributed by atoms with E-state index in [0.29, 0.717) is 11.0 Å². The average molecular weight is 256 g/mol. The predicted octanol–water partition coefficient (Wildman–Crippen LogP) is 1.28. The molecule has 14 heavy (non-hydrogen) atoms. The standard InChI is InChI=1S/C8H6BrN3O2/c9-5-1-2-6-7(3-5)11-12(10-6)4-8(13)14/h1-3H,4H2,(H,13,14). The van der Waals surface area contributed by atoms with E-state index in [2.05, 4.69) is 26.1 Å². The highest BCUT2D eigenvalue weighted by molar-refractivity contribution is 9.10. The van der Waals surface area contributed by atoms with Crippen molar-refractivity contribution in [2.75, 3.05) is 0 Å². The summed E-state index contributed by atoms with van der Waals surface area (Å²) < 4.78 is 0.896. The molecule has 0 bridgehead atoms. The van der Waals surface area contributed by atoms with Gasteiger partial charge in [-0.15, -0.1) is 0 Å². The molecule has 2 aromatic rings. The molecule has 0 unspecified atom stereocenters. The van der Waals surface area contributed by atoms with Crippen LogP contribution in [0.4, 0.5) is 0 Å². The van der Waals surface area contributed by atoms with Crippen molar-refractivity contribution in [3.63, 3.8) is 0 Å². The van der Waals surface area contributed by atoms with E-state index in [4.69, 9.17) is 5.11 Å². The minimum absolute atomic E-state index is 0.216. The number of nitrogens with zero attached hydrogens (tertiary/aromatic N) is 3. The molecule has 0 radical (unpaired) electrons. The predicted molar refractivity (Wildman–Crippen MR) is 52.9 cm³/mol. The normalized spacial score (nSPS) is 10.6. The third kappa shape index (κ3) is 1.74. The fraction of sp³-hybridized carbons (Fsp3) is 0.125. The molecule has 2 rings (SSSR count). The van der Waals surface area contributed by atoms with Crippen LogP contribution < -0.4 is 0 Å². The van der Waals surface area contributed by atoms with Crippen LogP contribution in [0.15, 0.2) is 22.7 Å². The van der Waals surface area contributed by atoms with E-state index < -0.39 is 5.97 Å². The molecule has 5 nitrogen and oxygen atoms in total. The number of benzene rings is 1. The zero-order valence-electron chi connectivity index (χ0n) is 7.01. The number of carboxylic acid groups (broad SMARTS) is 1. The highest BCUT2D eigenvalue weighted by atomic mass is 79.9. The van der Waals surface area contributed by atoms with Crippen LogP contribution in [0, 0.1) is 0 Å². The van der Waals surface area contributed by atoms with Gasteiger partial charge in [0.2, 0.25) is 0 Å². The van der Waals surface area contributed by atoms with Crippen molar-refractivity contribution in [1.29, 1.82) is 0 Å². The van der Waals surface area contributed by atoms with Gasteiger partial charge in [0.05, 0.1) is 0 Å². The average Bonchev–Trinajstić information content (AvgIpc) is 2.44. The Balaban J connectivity index is 2.46. The number of hydrogen-bond acceptors (Lipinski definition) is 3. The van der Waals surface area contributed by atoms with Gasteiger partial charge in [-0.05, 0) is 18.2 Å². The van der Waals surface area contributed by atoms with E-state index in [0.717, 1.165) is 4.47 Å². The largest absolute Gasteiger partial charge is 0.480 e. The van der Waals surface area contributed by atoms with E-state index in [9.17, 15) is 4.79 Å². The Labute approximate surface area is 87.5 Å². The maximum atomic E-state index is 10.4. The zero-order valence-corrected chi connectivity index (χ0v) is 8.60. The van der Waals surface area contributed by atoms with Crippen LogP contribution >= 0.6 is 15.9 Å². The first-order valence-electron chi connectivity index (χ1n) is 3.87. The highest BCUT2D eigenvalue weighted by Crippen LogP contribution is 2.15. The maximum Gasteiger partial charge on any atom is 0.327 e. The Bertz CT molecular complexity index is 494. The number of hydrogen-bond donors (Lipinski definition) is 1. The Morgan fingerprint density at radius 3 is 2.86 bits per heavy atom. The van der Waals surface area contributed by atoms with Gasteiger partial charge in [-0.1, -0.05) is 15.9 Å². The van der Waals surface area contributed by atoms with E-state index >= 15 is 0 Å². The Hall–Kier alpha value is -1.43. The second-order valence-electron chi connectivity index (χ2n) is 2.76. The van der Waals surface area contributed by atoms with E-state index in [-0.39, 0.29) is 6.54 Å². The molecule has 1 heterocycles. The number of rotatable bonds is 2. The molecule has 0 amide bonds. The summed E-state index contributed by atoms with van der Waals surface area (Å²) in [6.07, 6.45) is 0. The van der Waals surface area contributed by atoms with Gasteiger partial charge >= 0.3 is 5.97 Å². The van der Waals surface area contributed by atoms with Crippen molar-refractivity contribution in [3.05, 3.63) is 22.7 Å². The number of carbonyl (C=O) groups is 1. The molecule has 0 spiro atoms. The van der Waals surface area contributed by atoms with Crippen LogP contribution in [0.5, 0.6) is 0 Å². The minimum atomic E-state index is -0.954. The van der Waals surface area contributed by atoms with Gasteiger partial charge in [0.25, 0.3) is 0 Å². The molecule has 0 atom stereocenters. The Morgan fingerprint density at radius 1 is 1.43 bits per heavy atom. The number of aromatic nitrogens is 3. The van der Waals surface area contributed by atoms with Crippen molar-refractivity contribution in [3.8, 4) is 0 Å². The summed E-state index contributed by atoms with van der Waals surface area (Å²) in [6, 6.07) is 5.41. The summed E-state index contributed by atoms with van der Waals surface area (Å²) in [5.74, 6) is -0.954. The number of aliphatic carboxylic acids is 1. The van der Waals surface area contributed by atoms with Crippen molar-refractivity contribution in [2.45, 2.75) is 6.54 Å². The first kappa shape index (κ1) is 9.14. The Morgan fingerprint density at radius 2 is 2.14 bits per heavy atom. The second-order valence-corrected chi connectivity index (χ2v) is 3.67. The molecule has 6 heteroatoms. The third-order valence-corrected chi connectivity index (χ3v) is 2.15. The fourth-order valence-corrected chi connectivity index (χ4v) is 1.47. The molecule has 1 N–H and O–H groups in total. The monoisotopic (exact) mass is 255 g/mol. The lowest BCUT2D eigenvalue weighted by Gasteiger charge is -1.89. The summed E-state index contributed by atoms with van der Waals surface area (Å²) in [7, 11) is 0. The second kappa shape index (κ2) is 3.38. The van der Waals surface area contributed by atoms with Gasteiger partial charge < -0.3 is 5.11 Å². The molecule has 0 saturated heterocycles. The van der Waals surface area contributed by atoms with Crippen LogP contribution in [0.2, 0.25) is 0 Å². The van der Waals surface area contributed by atoms with Crippen molar-refractivity contribution < 1.29 is 9.90 Å². The zero-order chi connectivity index (χ0) is 10.1. The summed E-state index contributed by atoms with van der Waals surface area (Å²) in [6.45, 7) is -0.216. The Kier molecular flexibility index (Phi) is 2.20. The molecule has 1 aromatic heterocycles. The lowest BCUT2D eigenvalue weighted by molar-refractivity contribution is -0.138. The topological polar surface area (TPSA) is 68.0 Å². The van der Waals surface area contributed by atoms with Gasteiger partial charge in [0, 0.05) is 4.47 Å². The van der Waals surface area contributed by atoms with E-state index in [1.807, 2.05) is 6.07 Å². The first-order valence-corrected chi connectivity index (χ1v) is 4.66. The molecular weight excluding hydrogens is 250 g/mol. The molecule has 0 saturated carbocycles. The SMILES string of the molecule is O=C(O)Cn1nc2ccc(Br)cc2n1. The molecule has 0 aliphatic rings. The summed E-state index contributed by atoms with van der Waals surface area (Å²) in [5, 5.41) is 16.5. The molecule has 72 valence electrons. The van der Waals surface area contributed by atoms with Crippen molar-refractivity contribution in [2.24, 2.45) is 0 Å². The lowest BCUT2D eigenvalue weighted by Crippen LogP contribution is -2.11. The molecular formula is C8H6BrN3O2. The summed E-state index contributed by atoms with van der Waals surface area (Å²) in [4.78, 5) is 11.6. The van der Waals surface area contributed by atoms with Gasteiger partial charge in [-0.2, -0.15) is 15.0 Å². The van der Waals surface area contributed by atoms with Crippen LogP contribution in [-0.4, -0.2) is 26.1 Å². The summed E-state index contributed by atoms with van der Waals surface area (Å²) >= 11 is 3.30. The fourth-order valence-electron chi connectivity index (χ4n) is 1.12. The minimum Gasteiger partial charge on any atom is -0.480 e. The smallest absolute Gasteiger partial charge is 0.327 e. The molecule has 1 aromatic carbocycles. The molecule has 0 aliphatic carbocycles. The van der Waals surface area contributed by atoms with E-state index in [1.54, 1.807) is 12.1 Å². The third-order valence-electron chi connectivity index (χ3n) is 1.66. The van der Waals surface area contributed by atoms with Gasteiger partial charge in [-0.3, -0.25) is 4.79 Å². The quantitative estimate of drug-likeness (QED) is 0.878. The highest BCUT2D eigenvalue weighted by Gasteiger charge is 2.05. The molecule has 0 fully saturated rings. The first-order chi connectivity index (χ1) is 6.65. The lowest BCUT2D eigenvalue weighted by atomic mass is 10.3. The van der Waals surface area contributed by atoms with Gasteiger partial charge in [-0.25, -0.2) is 0 Å². The van der Waals surface area contributed by atoms with Crippen LogP contribution in [0.1, 0.15) is 0 Å². The van der Waals surface area contributed by atoms with Crippen LogP contribution in [-0.2, 0) is 11.3 Å². The van der Waals surface area contributed by atoms with E-state index in [1.165, 1.54) is 4.80 Å². The van der Waals surface area contributed by atoms with Crippen LogP contribution in [0.25, 0.3) is 11.0 Å². The van der Waals surface area contributed by atoms with Gasteiger partial charge in [0.15, 0.2) is 6.54 Å².